The van der Waals surface area contributed by atoms with Crippen LogP contribution in [0.3, 0.4) is 0 Å². The Hall–Kier alpha value is -2.53. The van der Waals surface area contributed by atoms with Crippen molar-refractivity contribution < 1.29 is 9.59 Å². The molecule has 0 heterocycles. The van der Waals surface area contributed by atoms with E-state index in [1.165, 1.54) is 0 Å². The van der Waals surface area contributed by atoms with E-state index >= 15 is 0 Å². The zero-order valence-corrected chi connectivity index (χ0v) is 14.6. The zero-order chi connectivity index (χ0) is 17.8. The lowest BCUT2D eigenvalue weighted by Crippen LogP contribution is -2.32. The first-order valence-corrected chi connectivity index (χ1v) is 8.63. The van der Waals surface area contributed by atoms with Crippen molar-refractivity contribution in [2.45, 2.75) is 31.8 Å². The maximum absolute atomic E-state index is 12.3. The van der Waals surface area contributed by atoms with Crippen LogP contribution in [-0.2, 0) is 4.79 Å². The molecule has 0 saturated heterocycles. The first-order chi connectivity index (χ1) is 12.0. The number of hydrogen-bond acceptors (Lipinski definition) is 3. The van der Waals surface area contributed by atoms with Gasteiger partial charge in [0.25, 0.3) is 5.91 Å². The lowest BCUT2D eigenvalue weighted by atomic mass is 10.1. The molecule has 5 nitrogen and oxygen atoms in total. The Morgan fingerprint density at radius 1 is 1.08 bits per heavy atom. The minimum Gasteiger partial charge on any atom is -0.374 e. The number of para-hydroxylation sites is 1. The van der Waals surface area contributed by atoms with E-state index in [4.69, 9.17) is 11.6 Å². The summed E-state index contributed by atoms with van der Waals surface area (Å²) in [6.45, 7) is 1.76. The van der Waals surface area contributed by atoms with Crippen LogP contribution >= 0.6 is 11.6 Å². The van der Waals surface area contributed by atoms with Gasteiger partial charge >= 0.3 is 0 Å². The fraction of sp³-hybridized carbons (Fsp3) is 0.263. The Kier molecular flexibility index (Phi) is 5.24. The van der Waals surface area contributed by atoms with Gasteiger partial charge in [-0.1, -0.05) is 23.7 Å². The molecule has 25 heavy (non-hydrogen) atoms. The predicted octanol–water partition coefficient (Wildman–Crippen LogP) is 3.67. The van der Waals surface area contributed by atoms with Crippen molar-refractivity contribution in [3.05, 3.63) is 59.1 Å². The van der Waals surface area contributed by atoms with Crippen LogP contribution in [0.2, 0.25) is 5.02 Å². The van der Waals surface area contributed by atoms with Crippen LogP contribution in [0, 0.1) is 0 Å². The minimum atomic E-state index is -0.456. The first kappa shape index (κ1) is 17.3. The van der Waals surface area contributed by atoms with E-state index < -0.39 is 6.04 Å². The summed E-state index contributed by atoms with van der Waals surface area (Å²) < 4.78 is 0. The van der Waals surface area contributed by atoms with Crippen LogP contribution in [0.4, 0.5) is 11.4 Å². The van der Waals surface area contributed by atoms with E-state index in [-0.39, 0.29) is 11.8 Å². The summed E-state index contributed by atoms with van der Waals surface area (Å²) in [5, 5.41) is 9.34. The lowest BCUT2D eigenvalue weighted by molar-refractivity contribution is -0.116. The standard InChI is InChI=1S/C19H20ClN3O2/c1-12(18(24)23-17-5-3-2-4-16(17)20)21-14-8-6-13(7-9-14)19(25)22-15-10-11-15/h2-9,12,15,21H,10-11H2,1H3,(H,22,25)(H,23,24). The lowest BCUT2D eigenvalue weighted by Gasteiger charge is -2.16. The second kappa shape index (κ2) is 7.57. The van der Waals surface area contributed by atoms with Crippen LogP contribution in [0.5, 0.6) is 0 Å². The van der Waals surface area contributed by atoms with Gasteiger partial charge in [0, 0.05) is 17.3 Å². The molecule has 1 unspecified atom stereocenters. The third-order valence-corrected chi connectivity index (χ3v) is 4.30. The van der Waals surface area contributed by atoms with Gasteiger partial charge in [-0.2, -0.15) is 0 Å². The number of benzene rings is 2. The normalized spacial score (nSPS) is 14.5. The van der Waals surface area contributed by atoms with Crippen LogP contribution in [0.25, 0.3) is 0 Å². The molecule has 0 spiro atoms. The molecule has 6 heteroatoms. The monoisotopic (exact) mass is 357 g/mol. The molecule has 1 atom stereocenters. The first-order valence-electron chi connectivity index (χ1n) is 8.26. The molecule has 3 rings (SSSR count). The molecule has 1 aliphatic rings. The number of anilines is 2. The van der Waals surface area contributed by atoms with Crippen LogP contribution in [0.1, 0.15) is 30.1 Å². The van der Waals surface area contributed by atoms with Gasteiger partial charge in [0.05, 0.1) is 10.7 Å². The van der Waals surface area contributed by atoms with Crippen molar-refractivity contribution in [1.29, 1.82) is 0 Å². The number of halogens is 1. The van der Waals surface area contributed by atoms with E-state index in [1.54, 1.807) is 49.4 Å². The number of rotatable bonds is 6. The largest absolute Gasteiger partial charge is 0.374 e. The van der Waals surface area contributed by atoms with Crippen LogP contribution in [-0.4, -0.2) is 23.9 Å². The van der Waals surface area contributed by atoms with Crippen molar-refractivity contribution in [3.8, 4) is 0 Å². The highest BCUT2D eigenvalue weighted by molar-refractivity contribution is 6.33. The van der Waals surface area contributed by atoms with Crippen molar-refractivity contribution in [2.75, 3.05) is 10.6 Å². The summed E-state index contributed by atoms with van der Waals surface area (Å²) in [6, 6.07) is 14.0. The second-order valence-corrected chi connectivity index (χ2v) is 6.57. The summed E-state index contributed by atoms with van der Waals surface area (Å²) in [6.07, 6.45) is 2.12. The molecule has 1 aliphatic carbocycles. The summed E-state index contributed by atoms with van der Waals surface area (Å²) >= 11 is 6.05. The summed E-state index contributed by atoms with van der Waals surface area (Å²) in [5.41, 5.74) is 1.96. The van der Waals surface area contributed by atoms with Crippen molar-refractivity contribution >= 4 is 34.8 Å². The van der Waals surface area contributed by atoms with Gasteiger partial charge in [0.2, 0.25) is 5.91 Å². The summed E-state index contributed by atoms with van der Waals surface area (Å²) in [7, 11) is 0. The molecule has 130 valence electrons. The summed E-state index contributed by atoms with van der Waals surface area (Å²) in [5.74, 6) is -0.248. The van der Waals surface area contributed by atoms with E-state index in [0.29, 0.717) is 22.3 Å². The molecule has 0 bridgehead atoms. The van der Waals surface area contributed by atoms with Gasteiger partial charge in [-0.05, 0) is 56.2 Å². The molecule has 3 N–H and O–H groups in total. The van der Waals surface area contributed by atoms with Crippen molar-refractivity contribution in [1.82, 2.24) is 5.32 Å². The maximum Gasteiger partial charge on any atom is 0.251 e. The highest BCUT2D eigenvalue weighted by Gasteiger charge is 2.23. The number of amides is 2. The number of nitrogens with one attached hydrogen (secondary N) is 3. The summed E-state index contributed by atoms with van der Waals surface area (Å²) in [4.78, 5) is 24.2. The van der Waals surface area contributed by atoms with Crippen LogP contribution < -0.4 is 16.0 Å². The van der Waals surface area contributed by atoms with Gasteiger partial charge in [-0.25, -0.2) is 0 Å². The molecule has 0 aromatic heterocycles. The average Bonchev–Trinajstić information content (AvgIpc) is 3.41. The molecule has 2 aromatic rings. The molecular weight excluding hydrogens is 338 g/mol. The van der Waals surface area contributed by atoms with Gasteiger partial charge in [-0.3, -0.25) is 9.59 Å². The minimum absolute atomic E-state index is 0.0569. The Morgan fingerprint density at radius 2 is 1.76 bits per heavy atom. The molecule has 1 fully saturated rings. The van der Waals surface area contributed by atoms with E-state index in [2.05, 4.69) is 16.0 Å². The Morgan fingerprint density at radius 3 is 2.40 bits per heavy atom. The maximum atomic E-state index is 12.3. The van der Waals surface area contributed by atoms with E-state index in [0.717, 1.165) is 18.5 Å². The Labute approximate surface area is 151 Å². The molecule has 1 saturated carbocycles. The third kappa shape index (κ3) is 4.73. The number of carbonyl (C=O) groups is 2. The van der Waals surface area contributed by atoms with Crippen molar-refractivity contribution in [3.63, 3.8) is 0 Å². The SMILES string of the molecule is CC(Nc1ccc(C(=O)NC2CC2)cc1)C(=O)Nc1ccccc1Cl. The van der Waals surface area contributed by atoms with E-state index in [9.17, 15) is 9.59 Å². The predicted molar refractivity (Wildman–Crippen MR) is 100 cm³/mol. The Balaban J connectivity index is 1.56. The van der Waals surface area contributed by atoms with Gasteiger partial charge in [0.1, 0.15) is 6.04 Å². The van der Waals surface area contributed by atoms with Gasteiger partial charge in [-0.15, -0.1) is 0 Å². The molecule has 2 amide bonds. The molecule has 2 aromatic carbocycles. The molecular formula is C19H20ClN3O2. The topological polar surface area (TPSA) is 70.2 Å². The average molecular weight is 358 g/mol. The number of carbonyl (C=O) groups excluding carboxylic acids is 2. The quantitative estimate of drug-likeness (QED) is 0.738. The number of hydrogen-bond donors (Lipinski definition) is 3. The third-order valence-electron chi connectivity index (χ3n) is 3.97. The highest BCUT2D eigenvalue weighted by Crippen LogP contribution is 2.21. The Bertz CT molecular complexity index is 772. The van der Waals surface area contributed by atoms with Crippen LogP contribution in [0.15, 0.2) is 48.5 Å². The van der Waals surface area contributed by atoms with Gasteiger partial charge in [0.15, 0.2) is 0 Å². The molecule has 0 aliphatic heterocycles. The fourth-order valence-corrected chi connectivity index (χ4v) is 2.52. The fourth-order valence-electron chi connectivity index (χ4n) is 2.33. The zero-order valence-electron chi connectivity index (χ0n) is 13.9. The molecule has 0 radical (unpaired) electrons. The van der Waals surface area contributed by atoms with E-state index in [1.807, 2.05) is 6.07 Å². The van der Waals surface area contributed by atoms with Gasteiger partial charge < -0.3 is 16.0 Å². The smallest absolute Gasteiger partial charge is 0.251 e. The van der Waals surface area contributed by atoms with Crippen molar-refractivity contribution in [2.24, 2.45) is 0 Å². The highest BCUT2D eigenvalue weighted by atomic mass is 35.5. The second-order valence-electron chi connectivity index (χ2n) is 6.16.